The van der Waals surface area contributed by atoms with Crippen molar-refractivity contribution in [3.8, 4) is 0 Å². The summed E-state index contributed by atoms with van der Waals surface area (Å²) in [4.78, 5) is 35.4. The van der Waals surface area contributed by atoms with E-state index in [0.717, 1.165) is 24.2 Å². The fourth-order valence-corrected chi connectivity index (χ4v) is 3.46. The third-order valence-corrected chi connectivity index (χ3v) is 5.23. The van der Waals surface area contributed by atoms with Gasteiger partial charge >= 0.3 is 5.97 Å². The number of ketones is 1. The molecule has 1 unspecified atom stereocenters. The largest absolute Gasteiger partial charge is 0.481 e. The molecule has 5 nitrogen and oxygen atoms in total. The van der Waals surface area contributed by atoms with E-state index >= 15 is 0 Å². The van der Waals surface area contributed by atoms with Gasteiger partial charge in [-0.15, -0.1) is 0 Å². The second-order valence-corrected chi connectivity index (χ2v) is 7.46. The van der Waals surface area contributed by atoms with E-state index in [0.29, 0.717) is 17.5 Å². The van der Waals surface area contributed by atoms with Crippen molar-refractivity contribution in [2.75, 3.05) is 5.75 Å². The number of rotatable bonds is 11. The zero-order valence-electron chi connectivity index (χ0n) is 15.9. The number of amides is 1. The molecule has 148 valence electrons. The zero-order chi connectivity index (χ0) is 20.4. The second kappa shape index (κ2) is 11.3. The van der Waals surface area contributed by atoms with Gasteiger partial charge in [-0.2, -0.15) is 0 Å². The Morgan fingerprint density at radius 2 is 1.68 bits per heavy atom. The van der Waals surface area contributed by atoms with Crippen LogP contribution in [0.1, 0.15) is 60.0 Å². The summed E-state index contributed by atoms with van der Waals surface area (Å²) in [5.74, 6) is -0.582. The molecule has 0 bridgehead atoms. The number of benzene rings is 2. The number of hydrogen-bond acceptors (Lipinski definition) is 4. The molecule has 0 aliphatic rings. The maximum Gasteiger partial charge on any atom is 0.303 e. The molecule has 1 atom stereocenters. The number of carboxylic acids is 1. The highest BCUT2D eigenvalue weighted by molar-refractivity contribution is 7.97. The third kappa shape index (κ3) is 6.85. The van der Waals surface area contributed by atoms with Crippen molar-refractivity contribution in [2.24, 2.45) is 0 Å². The lowest BCUT2D eigenvalue weighted by Crippen LogP contribution is -2.22. The average molecular weight is 400 g/mol. The zero-order valence-corrected chi connectivity index (χ0v) is 16.7. The highest BCUT2D eigenvalue weighted by Crippen LogP contribution is 2.20. The molecule has 6 heteroatoms. The first-order valence-corrected chi connectivity index (χ1v) is 10.3. The van der Waals surface area contributed by atoms with Crippen LogP contribution in [0.25, 0.3) is 0 Å². The predicted octanol–water partition coefficient (Wildman–Crippen LogP) is 4.43. The van der Waals surface area contributed by atoms with E-state index < -0.39 is 5.97 Å². The maximum atomic E-state index is 12.6. The van der Waals surface area contributed by atoms with Gasteiger partial charge in [0.25, 0.3) is 0 Å². The van der Waals surface area contributed by atoms with Crippen molar-refractivity contribution in [3.05, 3.63) is 71.3 Å². The van der Waals surface area contributed by atoms with Crippen LogP contribution in [0.3, 0.4) is 0 Å². The molecule has 0 spiro atoms. The van der Waals surface area contributed by atoms with E-state index in [4.69, 9.17) is 5.11 Å². The Bertz CT molecular complexity index is 807. The second-order valence-electron chi connectivity index (χ2n) is 6.56. The van der Waals surface area contributed by atoms with Crippen LogP contribution < -0.4 is 4.72 Å². The maximum absolute atomic E-state index is 12.6. The molecule has 0 radical (unpaired) electrons. The van der Waals surface area contributed by atoms with Gasteiger partial charge in [0.1, 0.15) is 0 Å². The average Bonchev–Trinajstić information content (AvgIpc) is 2.72. The molecule has 0 heterocycles. The van der Waals surface area contributed by atoms with E-state index in [9.17, 15) is 14.4 Å². The van der Waals surface area contributed by atoms with Crippen molar-refractivity contribution in [2.45, 2.75) is 38.5 Å². The summed E-state index contributed by atoms with van der Waals surface area (Å²) >= 11 is 1.34. The number of aliphatic carboxylic acids is 1. The van der Waals surface area contributed by atoms with Gasteiger partial charge in [0.2, 0.25) is 5.91 Å². The molecule has 28 heavy (non-hydrogen) atoms. The summed E-state index contributed by atoms with van der Waals surface area (Å²) in [6, 6.07) is 16.2. The Morgan fingerprint density at radius 1 is 0.964 bits per heavy atom. The molecule has 1 amide bonds. The van der Waals surface area contributed by atoms with Gasteiger partial charge in [-0.3, -0.25) is 19.1 Å². The summed E-state index contributed by atoms with van der Waals surface area (Å²) in [6.07, 6.45) is 2.52. The van der Waals surface area contributed by atoms with Crippen LogP contribution in [0.4, 0.5) is 0 Å². The standard InChI is InChI=1S/C22H25NO4S/c1-16(22(27)23-28-14-7-3-6-13-20(24)25)18-11-8-12-19(15-18)21(26)17-9-4-2-5-10-17/h2,4-5,8-12,15-16H,3,6-7,13-14H2,1H3,(H,23,27)(H,24,25). The topological polar surface area (TPSA) is 83.5 Å². The SMILES string of the molecule is CC(C(=O)NSCCCCCC(=O)O)c1cccc(C(=O)c2ccccc2)c1. The predicted molar refractivity (Wildman–Crippen MR) is 111 cm³/mol. The number of hydrogen-bond donors (Lipinski definition) is 2. The first-order valence-electron chi connectivity index (χ1n) is 9.32. The molecule has 0 fully saturated rings. The Labute approximate surface area is 169 Å². The number of nitrogens with one attached hydrogen (secondary N) is 1. The highest BCUT2D eigenvalue weighted by Gasteiger charge is 2.17. The summed E-state index contributed by atoms with van der Waals surface area (Å²) in [5, 5.41) is 8.59. The Morgan fingerprint density at radius 3 is 2.39 bits per heavy atom. The number of carboxylic acid groups (broad SMARTS) is 1. The fourth-order valence-electron chi connectivity index (χ4n) is 2.69. The molecule has 0 aliphatic heterocycles. The van der Waals surface area contributed by atoms with E-state index in [-0.39, 0.29) is 24.0 Å². The molecular formula is C22H25NO4S. The minimum Gasteiger partial charge on any atom is -0.481 e. The van der Waals surface area contributed by atoms with Crippen LogP contribution in [-0.2, 0) is 9.59 Å². The van der Waals surface area contributed by atoms with E-state index in [1.807, 2.05) is 31.2 Å². The van der Waals surface area contributed by atoms with Crippen molar-refractivity contribution in [1.82, 2.24) is 4.72 Å². The summed E-state index contributed by atoms with van der Waals surface area (Å²) in [6.45, 7) is 1.81. The molecule has 0 saturated carbocycles. The lowest BCUT2D eigenvalue weighted by atomic mass is 9.95. The van der Waals surface area contributed by atoms with E-state index in [1.54, 1.807) is 30.3 Å². The Hall–Kier alpha value is -2.60. The molecule has 0 aromatic heterocycles. The Kier molecular flexibility index (Phi) is 8.75. The molecule has 2 rings (SSSR count). The van der Waals surface area contributed by atoms with Gasteiger partial charge in [-0.25, -0.2) is 0 Å². The smallest absolute Gasteiger partial charge is 0.303 e. The number of carbonyl (C=O) groups excluding carboxylic acids is 2. The Balaban J connectivity index is 1.84. The minimum atomic E-state index is -0.775. The van der Waals surface area contributed by atoms with Crippen LogP contribution in [0, 0.1) is 0 Å². The molecule has 2 aromatic carbocycles. The molecule has 2 aromatic rings. The molecule has 0 aliphatic carbocycles. The van der Waals surface area contributed by atoms with Crippen molar-refractivity contribution in [3.63, 3.8) is 0 Å². The summed E-state index contributed by atoms with van der Waals surface area (Å²) in [5.41, 5.74) is 1.98. The van der Waals surface area contributed by atoms with E-state index in [1.165, 1.54) is 11.9 Å². The minimum absolute atomic E-state index is 0.0641. The molecule has 0 saturated heterocycles. The third-order valence-electron chi connectivity index (χ3n) is 4.39. The lowest BCUT2D eigenvalue weighted by Gasteiger charge is -2.13. The fraction of sp³-hybridized carbons (Fsp3) is 0.318. The first-order chi connectivity index (χ1) is 13.5. The van der Waals surface area contributed by atoms with Crippen LogP contribution >= 0.6 is 11.9 Å². The lowest BCUT2D eigenvalue weighted by molar-refractivity contribution is -0.137. The molecule has 2 N–H and O–H groups in total. The van der Waals surface area contributed by atoms with E-state index in [2.05, 4.69) is 4.72 Å². The van der Waals surface area contributed by atoms with Crippen LogP contribution in [0.2, 0.25) is 0 Å². The van der Waals surface area contributed by atoms with Crippen molar-refractivity contribution in [1.29, 1.82) is 0 Å². The van der Waals surface area contributed by atoms with Gasteiger partial charge < -0.3 is 5.11 Å². The monoisotopic (exact) mass is 399 g/mol. The highest BCUT2D eigenvalue weighted by atomic mass is 32.2. The van der Waals surface area contributed by atoms with Crippen molar-refractivity contribution >= 4 is 29.6 Å². The first kappa shape index (κ1) is 21.7. The quantitative estimate of drug-likeness (QED) is 0.332. The van der Waals surface area contributed by atoms with Crippen LogP contribution in [0.5, 0.6) is 0 Å². The molecular weight excluding hydrogens is 374 g/mol. The van der Waals surface area contributed by atoms with Crippen LogP contribution in [-0.4, -0.2) is 28.5 Å². The summed E-state index contributed by atoms with van der Waals surface area (Å²) < 4.78 is 2.84. The normalized spacial score (nSPS) is 11.6. The summed E-state index contributed by atoms with van der Waals surface area (Å²) in [7, 11) is 0. The number of carbonyl (C=O) groups is 3. The number of unbranched alkanes of at least 4 members (excludes halogenated alkanes) is 2. The van der Waals surface area contributed by atoms with Gasteiger partial charge in [-0.05, 0) is 31.4 Å². The van der Waals surface area contributed by atoms with Gasteiger partial charge in [0.05, 0.1) is 5.92 Å². The van der Waals surface area contributed by atoms with Crippen molar-refractivity contribution < 1.29 is 19.5 Å². The van der Waals surface area contributed by atoms with Gasteiger partial charge in [-0.1, -0.05) is 66.9 Å². The van der Waals surface area contributed by atoms with Crippen LogP contribution in [0.15, 0.2) is 54.6 Å². The van der Waals surface area contributed by atoms with Gasteiger partial charge in [0.15, 0.2) is 5.78 Å². The van der Waals surface area contributed by atoms with Gasteiger partial charge in [0, 0.05) is 23.3 Å².